The number of nitrogens with one attached hydrogen (secondary N) is 1. The molecule has 1 aliphatic heterocycles. The topological polar surface area (TPSA) is 71.0 Å². The number of hydrogen-bond acceptors (Lipinski definition) is 5. The van der Waals surface area contributed by atoms with Crippen LogP contribution in [0.5, 0.6) is 0 Å². The molecular formula is C24H37N3O3. The monoisotopic (exact) mass is 415 g/mol. The van der Waals surface area contributed by atoms with E-state index < -0.39 is 0 Å². The molecule has 1 amide bonds. The molecule has 1 saturated heterocycles. The van der Waals surface area contributed by atoms with Gasteiger partial charge in [-0.1, -0.05) is 82.4 Å². The number of likely N-dealkylation sites (tertiary alicyclic amines) is 1. The summed E-state index contributed by atoms with van der Waals surface area (Å²) in [7, 11) is 0. The largest absolute Gasteiger partial charge is 0.445 e. The highest BCUT2D eigenvalue weighted by Crippen LogP contribution is 2.16. The summed E-state index contributed by atoms with van der Waals surface area (Å²) in [4.78, 5) is 24.4. The number of nitrogens with zero attached hydrogens (tertiary/aromatic N) is 2. The van der Waals surface area contributed by atoms with Crippen molar-refractivity contribution in [2.24, 2.45) is 5.18 Å². The van der Waals surface area contributed by atoms with Gasteiger partial charge in [-0.3, -0.25) is 0 Å². The zero-order valence-electron chi connectivity index (χ0n) is 18.9. The second-order valence-electron chi connectivity index (χ2n) is 6.15. The van der Waals surface area contributed by atoms with E-state index in [1.54, 1.807) is 17.1 Å². The van der Waals surface area contributed by atoms with Crippen LogP contribution < -0.4 is 5.32 Å². The Bertz CT molecular complexity index is 664. The van der Waals surface area contributed by atoms with E-state index in [4.69, 9.17) is 4.74 Å². The lowest BCUT2D eigenvalue weighted by Gasteiger charge is -2.33. The molecule has 1 aliphatic rings. The van der Waals surface area contributed by atoms with Crippen LogP contribution in [-0.2, 0) is 11.3 Å². The molecule has 0 aliphatic carbocycles. The van der Waals surface area contributed by atoms with Gasteiger partial charge in [0.1, 0.15) is 13.2 Å². The summed E-state index contributed by atoms with van der Waals surface area (Å²) in [6.07, 6.45) is 4.72. The van der Waals surface area contributed by atoms with E-state index in [9.17, 15) is 9.70 Å². The number of hydrogen-bond donors (Lipinski definition) is 1. The average Bonchev–Trinajstić information content (AvgIpc) is 2.81. The average molecular weight is 416 g/mol. The molecule has 1 fully saturated rings. The molecule has 1 aromatic carbocycles. The summed E-state index contributed by atoms with van der Waals surface area (Å²) in [5.74, 6) is 0. The molecule has 166 valence electrons. The number of carbonyl (C=O) groups excluding carboxylic acids is 1. The molecule has 0 saturated carbocycles. The van der Waals surface area contributed by atoms with Gasteiger partial charge in [0.2, 0.25) is 0 Å². The lowest BCUT2D eigenvalue weighted by Crippen LogP contribution is -2.45. The quantitative estimate of drug-likeness (QED) is 0.429. The van der Waals surface area contributed by atoms with Crippen LogP contribution in [0.25, 0.3) is 0 Å². The maximum Gasteiger partial charge on any atom is 0.410 e. The van der Waals surface area contributed by atoms with E-state index in [1.807, 2.05) is 58.0 Å². The SMILES string of the molecule is C=C/C=C(/NC1CCN(C(=O)OCc2ccccc2)CC1)C(=C)CN=O.CC.CC. The molecule has 0 bridgehead atoms. The van der Waals surface area contributed by atoms with Gasteiger partial charge < -0.3 is 15.0 Å². The fraction of sp³-hybridized carbons (Fsp3) is 0.458. The fourth-order valence-corrected chi connectivity index (χ4v) is 2.79. The van der Waals surface area contributed by atoms with Gasteiger partial charge >= 0.3 is 6.09 Å². The van der Waals surface area contributed by atoms with Gasteiger partial charge in [-0.15, -0.1) is 0 Å². The van der Waals surface area contributed by atoms with Crippen molar-refractivity contribution in [3.8, 4) is 0 Å². The Balaban J connectivity index is 0.00000198. The molecule has 30 heavy (non-hydrogen) atoms. The molecule has 0 spiro atoms. The summed E-state index contributed by atoms with van der Waals surface area (Å²) in [5, 5.41) is 6.25. The minimum Gasteiger partial charge on any atom is -0.445 e. The second-order valence-corrected chi connectivity index (χ2v) is 6.15. The first-order valence-electron chi connectivity index (χ1n) is 10.7. The number of ether oxygens (including phenoxy) is 1. The van der Waals surface area contributed by atoms with Crippen molar-refractivity contribution in [2.75, 3.05) is 19.6 Å². The third kappa shape index (κ3) is 10.0. The third-order valence-corrected chi connectivity index (χ3v) is 4.24. The number of rotatable bonds is 8. The molecule has 2 rings (SSSR count). The van der Waals surface area contributed by atoms with E-state index in [0.29, 0.717) is 18.7 Å². The molecule has 6 nitrogen and oxygen atoms in total. The van der Waals surface area contributed by atoms with Crippen LogP contribution >= 0.6 is 0 Å². The standard InChI is InChI=1S/C20H25N3O3.2C2H6/c1-3-7-19(16(2)14-21-25)22-18-10-12-23(13-11-18)20(24)26-15-17-8-5-4-6-9-17;2*1-2/h3-9,18,22H,1-2,10-15H2;2*1-2H3/b19-7+;;. The number of nitroso groups, excluding NO2 is 1. The summed E-state index contributed by atoms with van der Waals surface area (Å²) >= 11 is 0. The van der Waals surface area contributed by atoms with E-state index in [2.05, 4.69) is 23.7 Å². The van der Waals surface area contributed by atoms with Gasteiger partial charge in [0.15, 0.2) is 0 Å². The molecule has 0 atom stereocenters. The highest BCUT2D eigenvalue weighted by molar-refractivity contribution is 5.67. The third-order valence-electron chi connectivity index (χ3n) is 4.24. The Kier molecular flexibility index (Phi) is 15.4. The van der Waals surface area contributed by atoms with E-state index in [1.165, 1.54) is 0 Å². The molecular weight excluding hydrogens is 378 g/mol. The normalized spacial score (nSPS) is 13.6. The predicted octanol–water partition coefficient (Wildman–Crippen LogP) is 5.82. The Labute approximate surface area is 181 Å². The molecule has 0 aromatic heterocycles. The van der Waals surface area contributed by atoms with Crippen molar-refractivity contribution in [2.45, 2.75) is 53.2 Å². The first-order chi connectivity index (χ1) is 14.6. The van der Waals surface area contributed by atoms with Crippen LogP contribution in [0.1, 0.15) is 46.1 Å². The molecule has 6 heteroatoms. The highest BCUT2D eigenvalue weighted by Gasteiger charge is 2.24. The van der Waals surface area contributed by atoms with Crippen LogP contribution in [-0.4, -0.2) is 36.7 Å². The van der Waals surface area contributed by atoms with Gasteiger partial charge in [0, 0.05) is 24.8 Å². The molecule has 1 aromatic rings. The molecule has 0 unspecified atom stereocenters. The van der Waals surface area contributed by atoms with Gasteiger partial charge in [0.05, 0.1) is 0 Å². The molecule has 1 heterocycles. The summed E-state index contributed by atoms with van der Waals surface area (Å²) in [6, 6.07) is 9.82. The van der Waals surface area contributed by atoms with Crippen LogP contribution in [0.4, 0.5) is 4.79 Å². The predicted molar refractivity (Wildman–Crippen MR) is 125 cm³/mol. The lowest BCUT2D eigenvalue weighted by molar-refractivity contribution is 0.0859. The fourth-order valence-electron chi connectivity index (χ4n) is 2.79. The van der Waals surface area contributed by atoms with Crippen molar-refractivity contribution in [1.29, 1.82) is 0 Å². The van der Waals surface area contributed by atoms with Crippen LogP contribution in [0, 0.1) is 4.91 Å². The maximum atomic E-state index is 12.2. The number of benzene rings is 1. The van der Waals surface area contributed by atoms with Crippen molar-refractivity contribution >= 4 is 6.09 Å². The zero-order valence-corrected chi connectivity index (χ0v) is 18.9. The van der Waals surface area contributed by atoms with Crippen molar-refractivity contribution in [1.82, 2.24) is 10.2 Å². The second kappa shape index (κ2) is 17.0. The minimum atomic E-state index is -0.288. The smallest absolute Gasteiger partial charge is 0.410 e. The van der Waals surface area contributed by atoms with E-state index in [-0.39, 0.29) is 25.3 Å². The summed E-state index contributed by atoms with van der Waals surface area (Å²) in [5.41, 5.74) is 2.37. The first kappa shape index (κ1) is 27.1. The van der Waals surface area contributed by atoms with Gasteiger partial charge in [0.25, 0.3) is 0 Å². The van der Waals surface area contributed by atoms with Crippen LogP contribution in [0.3, 0.4) is 0 Å². The Hall–Kier alpha value is -2.89. The van der Waals surface area contributed by atoms with Gasteiger partial charge in [-0.05, 0) is 30.1 Å². The maximum absolute atomic E-state index is 12.2. The van der Waals surface area contributed by atoms with E-state index in [0.717, 1.165) is 24.1 Å². The summed E-state index contributed by atoms with van der Waals surface area (Å²) < 4.78 is 5.37. The van der Waals surface area contributed by atoms with Crippen LogP contribution in [0.2, 0.25) is 0 Å². The molecule has 1 N–H and O–H groups in total. The Morgan fingerprint density at radius 3 is 2.33 bits per heavy atom. The van der Waals surface area contributed by atoms with Crippen molar-refractivity contribution in [3.63, 3.8) is 0 Å². The van der Waals surface area contributed by atoms with Gasteiger partial charge in [-0.25, -0.2) is 4.79 Å². The first-order valence-corrected chi connectivity index (χ1v) is 10.7. The van der Waals surface area contributed by atoms with Crippen LogP contribution in [0.15, 0.2) is 72.1 Å². The minimum absolute atomic E-state index is 0.0390. The van der Waals surface area contributed by atoms with Crippen molar-refractivity contribution in [3.05, 3.63) is 77.4 Å². The number of carbonyl (C=O) groups is 1. The number of piperidine rings is 1. The van der Waals surface area contributed by atoms with Crippen molar-refractivity contribution < 1.29 is 9.53 Å². The van der Waals surface area contributed by atoms with E-state index >= 15 is 0 Å². The summed E-state index contributed by atoms with van der Waals surface area (Å²) in [6.45, 7) is 17.1. The van der Waals surface area contributed by atoms with Gasteiger partial charge in [-0.2, -0.15) is 4.91 Å². The lowest BCUT2D eigenvalue weighted by atomic mass is 10.0. The Morgan fingerprint density at radius 2 is 1.80 bits per heavy atom. The number of amides is 1. The Morgan fingerprint density at radius 1 is 1.20 bits per heavy atom. The molecule has 0 radical (unpaired) electrons. The number of allylic oxidation sites excluding steroid dienone is 2. The highest BCUT2D eigenvalue weighted by atomic mass is 16.6. The zero-order chi connectivity index (χ0) is 22.8.